The van der Waals surface area contributed by atoms with Crippen molar-refractivity contribution < 1.29 is 4.79 Å². The minimum absolute atomic E-state index is 0. The fourth-order valence-electron chi connectivity index (χ4n) is 3.28. The molecule has 0 radical (unpaired) electrons. The number of nitrogens with one attached hydrogen (secondary N) is 2. The van der Waals surface area contributed by atoms with Gasteiger partial charge < -0.3 is 16.4 Å². The van der Waals surface area contributed by atoms with Crippen molar-refractivity contribution in [3.05, 3.63) is 64.7 Å². The number of nitrogens with two attached hydrogens (primary N) is 1. The van der Waals surface area contributed by atoms with E-state index in [1.807, 2.05) is 31.2 Å². The van der Waals surface area contributed by atoms with Crippen LogP contribution in [0.1, 0.15) is 46.8 Å². The Labute approximate surface area is 177 Å². The maximum atomic E-state index is 11.8. The van der Waals surface area contributed by atoms with Crippen molar-refractivity contribution in [2.45, 2.75) is 39.2 Å². The molecule has 2 aromatic rings. The Bertz CT molecular complexity index is 802. The fraction of sp³-hybridized carbons (Fsp3) is 0.333. The van der Waals surface area contributed by atoms with Gasteiger partial charge in [0, 0.05) is 17.8 Å². The van der Waals surface area contributed by atoms with Crippen molar-refractivity contribution in [3.63, 3.8) is 0 Å². The van der Waals surface area contributed by atoms with Crippen molar-refractivity contribution in [1.82, 2.24) is 5.32 Å². The Hall–Kier alpha value is -2.09. The zero-order valence-corrected chi connectivity index (χ0v) is 18.0. The van der Waals surface area contributed by atoms with E-state index in [9.17, 15) is 4.79 Å². The molecule has 0 aromatic heterocycles. The summed E-state index contributed by atoms with van der Waals surface area (Å²) in [5, 5.41) is 6.04. The number of hydrogen-bond donors (Lipinski definition) is 3. The van der Waals surface area contributed by atoms with Gasteiger partial charge in [-0.05, 0) is 67.5 Å². The van der Waals surface area contributed by atoms with E-state index in [1.165, 1.54) is 24.0 Å². The van der Waals surface area contributed by atoms with Crippen molar-refractivity contribution in [3.8, 4) is 0 Å². The zero-order chi connectivity index (χ0) is 18.4. The minimum Gasteiger partial charge on any atom is -0.370 e. The largest absolute Gasteiger partial charge is 0.370 e. The van der Waals surface area contributed by atoms with Crippen LogP contribution < -0.4 is 16.4 Å². The third-order valence-corrected chi connectivity index (χ3v) is 4.64. The Kier molecular flexibility index (Phi) is 8.09. The molecule has 3 rings (SSSR count). The summed E-state index contributed by atoms with van der Waals surface area (Å²) in [6.45, 7) is 3.00. The summed E-state index contributed by atoms with van der Waals surface area (Å²) in [5.41, 5.74) is 11.6. The van der Waals surface area contributed by atoms with E-state index in [4.69, 9.17) is 5.73 Å². The van der Waals surface area contributed by atoms with Crippen molar-refractivity contribution >= 4 is 41.5 Å². The number of rotatable bonds is 5. The lowest BCUT2D eigenvalue weighted by Gasteiger charge is -2.19. The van der Waals surface area contributed by atoms with Gasteiger partial charge in [-0.15, -0.1) is 24.0 Å². The van der Waals surface area contributed by atoms with Crippen LogP contribution in [0.2, 0.25) is 0 Å². The lowest BCUT2D eigenvalue weighted by Crippen LogP contribution is -2.24. The van der Waals surface area contributed by atoms with Crippen LogP contribution in [0.4, 0.5) is 5.69 Å². The molecule has 0 heterocycles. The molecule has 0 bridgehead atoms. The monoisotopic (exact) mass is 478 g/mol. The smallest absolute Gasteiger partial charge is 0.251 e. The van der Waals surface area contributed by atoms with Crippen molar-refractivity contribution in [2.24, 2.45) is 10.7 Å². The van der Waals surface area contributed by atoms with Crippen molar-refractivity contribution in [1.29, 1.82) is 0 Å². The Morgan fingerprint density at radius 2 is 1.85 bits per heavy atom. The van der Waals surface area contributed by atoms with E-state index in [0.29, 0.717) is 24.6 Å². The second kappa shape index (κ2) is 10.3. The van der Waals surface area contributed by atoms with Gasteiger partial charge in [0.1, 0.15) is 0 Å². The van der Waals surface area contributed by atoms with Gasteiger partial charge in [0.25, 0.3) is 5.91 Å². The molecule has 6 heteroatoms. The van der Waals surface area contributed by atoms with Crippen LogP contribution in [0.15, 0.2) is 47.5 Å². The summed E-state index contributed by atoms with van der Waals surface area (Å²) in [4.78, 5) is 16.2. The SMILES string of the molecule is CCNC(=O)c1ccc(CN=C(N)Nc2cccc3c2CCCC3)cc1.I. The second-order valence-electron chi connectivity index (χ2n) is 6.53. The highest BCUT2D eigenvalue weighted by molar-refractivity contribution is 14.0. The molecule has 0 saturated heterocycles. The molecule has 1 amide bonds. The molecule has 5 nitrogen and oxygen atoms in total. The van der Waals surface area contributed by atoms with Crippen LogP contribution in [-0.2, 0) is 19.4 Å². The molecule has 0 unspecified atom stereocenters. The molecule has 0 spiro atoms. The summed E-state index contributed by atoms with van der Waals surface area (Å²) in [7, 11) is 0. The lowest BCUT2D eigenvalue weighted by molar-refractivity contribution is 0.0956. The standard InChI is InChI=1S/C21H26N4O.HI/c1-2-23-20(26)17-12-10-15(11-13-17)14-24-21(22)25-19-9-5-7-16-6-3-4-8-18(16)19;/h5,7,9-13H,2-4,6,8,14H2,1H3,(H,23,26)(H3,22,24,25);1H. The number of anilines is 1. The summed E-state index contributed by atoms with van der Waals surface area (Å²) in [6.07, 6.45) is 4.71. The minimum atomic E-state index is -0.0578. The molecular weight excluding hydrogens is 451 g/mol. The van der Waals surface area contributed by atoms with Gasteiger partial charge in [-0.2, -0.15) is 0 Å². The van der Waals surface area contributed by atoms with Crippen LogP contribution >= 0.6 is 24.0 Å². The lowest BCUT2D eigenvalue weighted by atomic mass is 9.90. The number of benzene rings is 2. The number of halogens is 1. The first-order valence-corrected chi connectivity index (χ1v) is 9.22. The first-order valence-electron chi connectivity index (χ1n) is 9.22. The second-order valence-corrected chi connectivity index (χ2v) is 6.53. The van der Waals surface area contributed by atoms with E-state index in [2.05, 4.69) is 33.8 Å². The van der Waals surface area contributed by atoms with Crippen molar-refractivity contribution in [2.75, 3.05) is 11.9 Å². The molecule has 27 heavy (non-hydrogen) atoms. The van der Waals surface area contributed by atoms with Crippen LogP contribution in [-0.4, -0.2) is 18.4 Å². The number of fused-ring (bicyclic) bond motifs is 1. The first-order chi connectivity index (χ1) is 12.7. The molecule has 1 aliphatic rings. The Morgan fingerprint density at radius 3 is 2.59 bits per heavy atom. The van der Waals surface area contributed by atoms with Crippen LogP contribution in [0.25, 0.3) is 0 Å². The Morgan fingerprint density at radius 1 is 1.11 bits per heavy atom. The van der Waals surface area contributed by atoms with E-state index in [-0.39, 0.29) is 29.9 Å². The predicted octanol–water partition coefficient (Wildman–Crippen LogP) is 3.86. The first kappa shape index (κ1) is 21.2. The number of amides is 1. The average molecular weight is 478 g/mol. The number of nitrogens with zero attached hydrogens (tertiary/aromatic N) is 1. The molecule has 2 aromatic carbocycles. The summed E-state index contributed by atoms with van der Waals surface area (Å²) >= 11 is 0. The number of aryl methyl sites for hydroxylation is 1. The summed E-state index contributed by atoms with van der Waals surface area (Å²) in [6, 6.07) is 13.8. The van der Waals surface area contributed by atoms with Crippen LogP contribution in [0.3, 0.4) is 0 Å². The molecule has 0 saturated carbocycles. The van der Waals surface area contributed by atoms with Gasteiger partial charge >= 0.3 is 0 Å². The molecule has 0 atom stereocenters. The molecule has 144 valence electrons. The third kappa shape index (κ3) is 5.69. The van der Waals surface area contributed by atoms with E-state index >= 15 is 0 Å². The molecular formula is C21H27IN4O. The van der Waals surface area contributed by atoms with Gasteiger partial charge in [0.2, 0.25) is 0 Å². The van der Waals surface area contributed by atoms with E-state index in [0.717, 1.165) is 24.1 Å². The maximum Gasteiger partial charge on any atom is 0.251 e. The highest BCUT2D eigenvalue weighted by Gasteiger charge is 2.13. The highest BCUT2D eigenvalue weighted by atomic mass is 127. The molecule has 0 aliphatic heterocycles. The van der Waals surface area contributed by atoms with Gasteiger partial charge in [0.15, 0.2) is 5.96 Å². The van der Waals surface area contributed by atoms with Crippen LogP contribution in [0.5, 0.6) is 0 Å². The highest BCUT2D eigenvalue weighted by Crippen LogP contribution is 2.27. The van der Waals surface area contributed by atoms with Gasteiger partial charge in [0.05, 0.1) is 6.54 Å². The summed E-state index contributed by atoms with van der Waals surface area (Å²) in [5.74, 6) is 0.356. The summed E-state index contributed by atoms with van der Waals surface area (Å²) < 4.78 is 0. The van der Waals surface area contributed by atoms with Crippen LogP contribution in [0, 0.1) is 0 Å². The zero-order valence-electron chi connectivity index (χ0n) is 15.6. The maximum absolute atomic E-state index is 11.8. The van der Waals surface area contributed by atoms with Gasteiger partial charge in [-0.25, -0.2) is 4.99 Å². The quantitative estimate of drug-likeness (QED) is 0.347. The van der Waals surface area contributed by atoms with Gasteiger partial charge in [-0.3, -0.25) is 4.79 Å². The molecule has 4 N–H and O–H groups in total. The van der Waals surface area contributed by atoms with E-state index < -0.39 is 0 Å². The molecule has 0 fully saturated rings. The number of carbonyl (C=O) groups excluding carboxylic acids is 1. The predicted molar refractivity (Wildman–Crippen MR) is 122 cm³/mol. The normalized spacial score (nSPS) is 13.3. The Balaban J connectivity index is 0.00000261. The van der Waals surface area contributed by atoms with E-state index in [1.54, 1.807) is 0 Å². The fourth-order valence-corrected chi connectivity index (χ4v) is 3.28. The third-order valence-electron chi connectivity index (χ3n) is 4.64. The number of guanidine groups is 1. The topological polar surface area (TPSA) is 79.5 Å². The number of aliphatic imine (C=N–C) groups is 1. The van der Waals surface area contributed by atoms with Gasteiger partial charge in [-0.1, -0.05) is 24.3 Å². The number of carbonyl (C=O) groups is 1. The average Bonchev–Trinajstić information content (AvgIpc) is 2.67. The molecule has 1 aliphatic carbocycles. The number of hydrogen-bond acceptors (Lipinski definition) is 2.